The molecule has 66 heavy (non-hydrogen) atoms. The number of ether oxygens (including phenoxy) is 3. The number of aromatic nitrogens is 4. The number of hydrogen-bond donors (Lipinski definition) is 5. The summed E-state index contributed by atoms with van der Waals surface area (Å²) in [4.78, 5) is 64.6. The van der Waals surface area contributed by atoms with Crippen molar-refractivity contribution in [3.63, 3.8) is 0 Å². The SMILES string of the molecule is CC.CCC.COC(=O)NC(C)C(C)C.COC(=O)NCC(=O)N1C2CCC(C2)C1c1ncc(-c2ccc3c(c2)C(C)(S)c2cc(F)c(-c4cnc(CN(C=O)CC(C)(F)F)[nH]4)cc2O3)[nH]1. The van der Waals surface area contributed by atoms with E-state index in [-0.39, 0.29) is 66.2 Å². The van der Waals surface area contributed by atoms with Gasteiger partial charge in [-0.15, -0.1) is 0 Å². The lowest BCUT2D eigenvalue weighted by atomic mass is 9.86. The van der Waals surface area contributed by atoms with Crippen LogP contribution in [-0.4, -0.2) is 99.6 Å². The van der Waals surface area contributed by atoms with Crippen molar-refractivity contribution in [2.45, 2.75) is 123 Å². The van der Waals surface area contributed by atoms with Crippen LogP contribution in [0, 0.1) is 17.7 Å². The van der Waals surface area contributed by atoms with Crippen LogP contribution in [-0.2, 0) is 30.4 Å². The number of amides is 4. The van der Waals surface area contributed by atoms with E-state index in [1.54, 1.807) is 6.20 Å². The summed E-state index contributed by atoms with van der Waals surface area (Å²) in [5.74, 6) is -1.38. The first-order valence-corrected chi connectivity index (χ1v) is 22.7. The molecule has 1 aliphatic carbocycles. The number of imidazole rings is 2. The highest BCUT2D eigenvalue weighted by atomic mass is 32.1. The summed E-state index contributed by atoms with van der Waals surface area (Å²) < 4.78 is 57.0. The van der Waals surface area contributed by atoms with Crippen molar-refractivity contribution in [1.29, 1.82) is 0 Å². The number of likely N-dealkylation sites (tertiary alicyclic amines) is 1. The van der Waals surface area contributed by atoms with Crippen LogP contribution in [0.1, 0.15) is 117 Å². The smallest absolute Gasteiger partial charge is 0.407 e. The highest BCUT2D eigenvalue weighted by Gasteiger charge is 2.50. The van der Waals surface area contributed by atoms with Gasteiger partial charge >= 0.3 is 12.2 Å². The number of alkyl carbamates (subject to hydrolysis) is 2. The molecule has 2 aromatic heterocycles. The van der Waals surface area contributed by atoms with Crippen molar-refractivity contribution >= 4 is 37.1 Å². The Bertz CT molecular complexity index is 2280. The number of rotatable bonds is 12. The zero-order valence-corrected chi connectivity index (χ0v) is 40.6. The summed E-state index contributed by atoms with van der Waals surface area (Å²) in [6, 6.07) is 8.49. The standard InChI is InChI=1S/C35H36F3N7O5S.C7H15NO2.C3H8.C2H6/c1-34(37,38)16-44(17-46)15-29-39-13-26(42-29)21-10-28-23(11-24(21)36)35(2,51)22-9-18(5-7-27(22)50-28)25-12-40-32(43-25)31-19-4-6-20(8-19)45(31)30(47)14-41-33(48)49-3;1-5(2)6(3)8-7(9)10-4;1-3-2;1-2/h5,7,9-13,17,19-20,31,51H,4,6,8,14-16H2,1-3H3,(H,39,42)(H,40,43)(H,41,48);5-6H,1-4H3,(H,8,9);3H2,1-2H3;1-2H3. The zero-order valence-electron chi connectivity index (χ0n) is 39.7. The Kier molecular flexibility index (Phi) is 18.5. The molecular weight excluding hydrogens is 878 g/mol. The molecule has 2 bridgehead atoms. The second kappa shape index (κ2) is 23.1. The van der Waals surface area contributed by atoms with E-state index in [0.29, 0.717) is 40.8 Å². The fourth-order valence-corrected chi connectivity index (χ4v) is 8.32. The Labute approximate surface area is 390 Å². The first kappa shape index (κ1) is 52.9. The maximum atomic E-state index is 15.7. The third kappa shape index (κ3) is 12.8. The van der Waals surface area contributed by atoms with E-state index in [4.69, 9.17) is 17.4 Å². The highest BCUT2D eigenvalue weighted by molar-refractivity contribution is 7.81. The van der Waals surface area contributed by atoms with Gasteiger partial charge in [0, 0.05) is 41.3 Å². The fourth-order valence-electron chi connectivity index (χ4n) is 7.97. The molecule has 4 amide bonds. The fraction of sp³-hybridized carbons (Fsp3) is 0.532. The maximum Gasteiger partial charge on any atom is 0.407 e. The number of benzene rings is 2. The van der Waals surface area contributed by atoms with Gasteiger partial charge in [-0.25, -0.2) is 32.7 Å². The monoisotopic (exact) mass is 942 g/mol. The summed E-state index contributed by atoms with van der Waals surface area (Å²) in [6.07, 6.45) is 6.39. The van der Waals surface area contributed by atoms with Gasteiger partial charge in [-0.1, -0.05) is 48.0 Å². The number of methoxy groups -OCH3 is 2. The molecule has 5 atom stereocenters. The zero-order chi connectivity index (χ0) is 49.1. The summed E-state index contributed by atoms with van der Waals surface area (Å²) in [7, 11) is 2.61. The van der Waals surface area contributed by atoms with E-state index < -0.39 is 29.1 Å². The molecule has 362 valence electrons. The largest absolute Gasteiger partial charge is 0.457 e. The highest BCUT2D eigenvalue weighted by Crippen LogP contribution is 2.53. The molecular formula is C47H65F3N8O7S. The van der Waals surface area contributed by atoms with Crippen molar-refractivity contribution < 1.29 is 46.6 Å². The Hall–Kier alpha value is -5.72. The molecule has 0 radical (unpaired) electrons. The predicted octanol–water partition coefficient (Wildman–Crippen LogP) is 9.76. The van der Waals surface area contributed by atoms with E-state index in [9.17, 15) is 28.0 Å². The first-order valence-electron chi connectivity index (χ1n) is 22.3. The van der Waals surface area contributed by atoms with E-state index in [1.165, 1.54) is 39.0 Å². The number of H-pyrrole nitrogens is 2. The van der Waals surface area contributed by atoms with Crippen LogP contribution >= 0.6 is 12.6 Å². The third-order valence-electron chi connectivity index (χ3n) is 11.4. The molecule has 2 aromatic carbocycles. The average molecular weight is 943 g/mol. The van der Waals surface area contributed by atoms with Crippen molar-refractivity contribution in [2.24, 2.45) is 11.8 Å². The summed E-state index contributed by atoms with van der Waals surface area (Å²) in [5, 5.41) is 5.15. The van der Waals surface area contributed by atoms with E-state index in [1.807, 2.05) is 64.6 Å². The normalized spacial score (nSPS) is 19.2. The number of thiol groups is 1. The van der Waals surface area contributed by atoms with Gasteiger partial charge in [0.25, 0.3) is 5.92 Å². The number of nitrogens with one attached hydrogen (secondary N) is 4. The van der Waals surface area contributed by atoms with Gasteiger partial charge in [0.2, 0.25) is 12.3 Å². The van der Waals surface area contributed by atoms with Gasteiger partial charge < -0.3 is 44.6 Å². The molecule has 1 saturated carbocycles. The number of nitrogens with zero attached hydrogens (tertiary/aromatic N) is 4. The van der Waals surface area contributed by atoms with E-state index in [2.05, 4.69) is 53.9 Å². The van der Waals surface area contributed by atoms with Crippen LogP contribution in [0.4, 0.5) is 22.8 Å². The molecule has 4 N–H and O–H groups in total. The van der Waals surface area contributed by atoms with Crippen LogP contribution in [0.2, 0.25) is 0 Å². The quantitative estimate of drug-likeness (QED) is 0.0682. The minimum Gasteiger partial charge on any atom is -0.457 e. The van der Waals surface area contributed by atoms with E-state index in [0.717, 1.165) is 42.3 Å². The Balaban J connectivity index is 0.000000553. The van der Waals surface area contributed by atoms with Gasteiger partial charge in [-0.3, -0.25) is 9.59 Å². The number of fused-ring (bicyclic) bond motifs is 4. The van der Waals surface area contributed by atoms with Crippen LogP contribution in [0.15, 0.2) is 42.7 Å². The molecule has 3 aliphatic rings. The van der Waals surface area contributed by atoms with Crippen LogP contribution in [0.25, 0.3) is 22.5 Å². The van der Waals surface area contributed by atoms with Crippen LogP contribution in [0.3, 0.4) is 0 Å². The third-order valence-corrected chi connectivity index (χ3v) is 11.9. The van der Waals surface area contributed by atoms with Gasteiger partial charge in [0.05, 0.1) is 61.9 Å². The lowest BCUT2D eigenvalue weighted by Gasteiger charge is -2.34. The van der Waals surface area contributed by atoms with Crippen molar-refractivity contribution in [3.8, 4) is 34.0 Å². The van der Waals surface area contributed by atoms with Crippen molar-refractivity contribution in [1.82, 2.24) is 40.4 Å². The Morgan fingerprint density at radius 2 is 1.67 bits per heavy atom. The molecule has 15 nitrogen and oxygen atoms in total. The molecule has 2 fully saturated rings. The number of carbonyl (C=O) groups excluding carboxylic acids is 4. The van der Waals surface area contributed by atoms with Gasteiger partial charge in [-0.05, 0) is 75.3 Å². The van der Waals surface area contributed by atoms with Gasteiger partial charge in [-0.2, -0.15) is 12.6 Å². The van der Waals surface area contributed by atoms with Crippen LogP contribution < -0.4 is 15.4 Å². The van der Waals surface area contributed by atoms with E-state index >= 15 is 4.39 Å². The predicted molar refractivity (Wildman–Crippen MR) is 249 cm³/mol. The minimum absolute atomic E-state index is 0.0806. The number of hydrogen-bond acceptors (Lipinski definition) is 10. The number of carbonyl (C=O) groups is 4. The second-order valence-corrected chi connectivity index (χ2v) is 17.8. The lowest BCUT2D eigenvalue weighted by molar-refractivity contribution is -0.134. The molecule has 0 spiro atoms. The molecule has 4 aromatic rings. The molecule has 19 heteroatoms. The first-order chi connectivity index (χ1) is 31.2. The molecule has 1 saturated heterocycles. The second-order valence-electron chi connectivity index (χ2n) is 16.9. The molecule has 7 rings (SSSR count). The van der Waals surface area contributed by atoms with Gasteiger partial charge in [0.15, 0.2) is 0 Å². The number of halogens is 3. The number of aromatic amines is 2. The maximum absolute atomic E-state index is 15.7. The Morgan fingerprint density at radius 1 is 1.02 bits per heavy atom. The summed E-state index contributed by atoms with van der Waals surface area (Å²) >= 11 is 5.00. The molecule has 4 heterocycles. The molecule has 5 unspecified atom stereocenters. The van der Waals surface area contributed by atoms with Crippen molar-refractivity contribution in [2.75, 3.05) is 27.3 Å². The summed E-state index contributed by atoms with van der Waals surface area (Å²) in [6.45, 7) is 15.7. The summed E-state index contributed by atoms with van der Waals surface area (Å²) in [5.41, 5.74) is 3.15. The topological polar surface area (TPSA) is 184 Å². The number of piperidine rings is 1. The number of alkyl halides is 2. The molecule has 2 aliphatic heterocycles. The van der Waals surface area contributed by atoms with Gasteiger partial charge in [0.1, 0.15) is 35.5 Å². The Morgan fingerprint density at radius 3 is 2.29 bits per heavy atom. The lowest BCUT2D eigenvalue weighted by Crippen LogP contribution is -2.45. The minimum atomic E-state index is -3.08. The average Bonchev–Trinajstić information content (AvgIpc) is 4.12. The van der Waals surface area contributed by atoms with Crippen LogP contribution in [0.5, 0.6) is 11.5 Å². The van der Waals surface area contributed by atoms with Crippen molar-refractivity contribution in [3.05, 3.63) is 71.3 Å².